The summed E-state index contributed by atoms with van der Waals surface area (Å²) in [4.78, 5) is 12.6. The zero-order valence-corrected chi connectivity index (χ0v) is 15.8. The summed E-state index contributed by atoms with van der Waals surface area (Å²) in [5.41, 5.74) is 1.95. The van der Waals surface area contributed by atoms with Crippen LogP contribution in [0.4, 0.5) is 5.69 Å². The van der Waals surface area contributed by atoms with E-state index in [1.165, 1.54) is 0 Å². The average molecular weight is 359 g/mol. The fraction of sp³-hybridized carbons (Fsp3) is 0.350. The van der Waals surface area contributed by atoms with Crippen molar-refractivity contribution in [2.24, 2.45) is 0 Å². The first-order valence-electron chi connectivity index (χ1n) is 8.30. The summed E-state index contributed by atoms with van der Waals surface area (Å²) in [6.07, 6.45) is 0.0870. The lowest BCUT2D eigenvalue weighted by Crippen LogP contribution is -2.13. The Balaban J connectivity index is 2.20. The first-order chi connectivity index (χ1) is 12.5. The highest BCUT2D eigenvalue weighted by atomic mass is 16.5. The molecule has 1 N–H and O–H groups in total. The molecule has 0 bridgehead atoms. The van der Waals surface area contributed by atoms with E-state index in [4.69, 9.17) is 18.9 Å². The second kappa shape index (κ2) is 9.10. The van der Waals surface area contributed by atoms with Crippen molar-refractivity contribution >= 4 is 11.6 Å². The predicted octanol–water partition coefficient (Wildman–Crippen LogP) is 3.89. The highest BCUT2D eigenvalue weighted by molar-refractivity contribution is 6.04. The number of methoxy groups -OCH3 is 3. The summed E-state index contributed by atoms with van der Waals surface area (Å²) < 4.78 is 21.4. The van der Waals surface area contributed by atoms with E-state index in [0.29, 0.717) is 35.1 Å². The van der Waals surface area contributed by atoms with E-state index in [2.05, 4.69) is 5.32 Å². The number of ether oxygens (including phenoxy) is 4. The summed E-state index contributed by atoms with van der Waals surface area (Å²) in [6.45, 7) is 4.29. The van der Waals surface area contributed by atoms with Crippen LogP contribution in [-0.2, 0) is 11.3 Å². The highest BCUT2D eigenvalue weighted by Crippen LogP contribution is 2.30. The van der Waals surface area contributed by atoms with Gasteiger partial charge in [0, 0.05) is 22.9 Å². The Labute approximate surface area is 154 Å². The number of benzene rings is 2. The van der Waals surface area contributed by atoms with Crippen LogP contribution in [0.15, 0.2) is 36.4 Å². The maximum Gasteiger partial charge on any atom is 0.255 e. The van der Waals surface area contributed by atoms with Gasteiger partial charge in [0.15, 0.2) is 11.5 Å². The molecule has 0 saturated heterocycles. The Morgan fingerprint density at radius 1 is 0.923 bits per heavy atom. The zero-order valence-electron chi connectivity index (χ0n) is 15.8. The van der Waals surface area contributed by atoms with Crippen LogP contribution in [0.2, 0.25) is 0 Å². The fourth-order valence-corrected chi connectivity index (χ4v) is 2.41. The molecule has 0 aliphatic heterocycles. The number of nitrogens with one attached hydrogen (secondary N) is 1. The molecular weight excluding hydrogens is 334 g/mol. The minimum Gasteiger partial charge on any atom is -0.496 e. The van der Waals surface area contributed by atoms with Gasteiger partial charge >= 0.3 is 0 Å². The molecular formula is C20H25NO5. The molecule has 1 amide bonds. The van der Waals surface area contributed by atoms with Crippen molar-refractivity contribution in [2.75, 3.05) is 26.6 Å². The van der Waals surface area contributed by atoms with Gasteiger partial charge in [-0.15, -0.1) is 0 Å². The van der Waals surface area contributed by atoms with Gasteiger partial charge in [0.05, 0.1) is 34.0 Å². The number of carbonyl (C=O) groups is 1. The van der Waals surface area contributed by atoms with Crippen molar-refractivity contribution < 1.29 is 23.7 Å². The number of rotatable bonds is 8. The van der Waals surface area contributed by atoms with Crippen molar-refractivity contribution in [3.8, 4) is 17.2 Å². The number of carbonyl (C=O) groups excluding carboxylic acids is 1. The normalized spacial score (nSPS) is 10.5. The van der Waals surface area contributed by atoms with Gasteiger partial charge in [-0.2, -0.15) is 0 Å². The zero-order chi connectivity index (χ0) is 19.1. The van der Waals surface area contributed by atoms with E-state index in [1.54, 1.807) is 57.7 Å². The molecule has 140 valence electrons. The first-order valence-corrected chi connectivity index (χ1v) is 8.30. The van der Waals surface area contributed by atoms with E-state index >= 15 is 0 Å². The number of hydrogen-bond donors (Lipinski definition) is 1. The molecule has 6 heteroatoms. The largest absolute Gasteiger partial charge is 0.496 e. The molecule has 0 aliphatic rings. The van der Waals surface area contributed by atoms with Gasteiger partial charge in [-0.3, -0.25) is 4.79 Å². The SMILES string of the molecule is COc1ccc(C(=O)Nc2ccc(OC)c(OC)c2)cc1COC(C)C. The maximum absolute atomic E-state index is 12.6. The molecule has 0 unspecified atom stereocenters. The van der Waals surface area contributed by atoms with Crippen molar-refractivity contribution in [3.05, 3.63) is 47.5 Å². The van der Waals surface area contributed by atoms with Crippen LogP contribution in [0, 0.1) is 0 Å². The van der Waals surface area contributed by atoms with Gasteiger partial charge in [-0.05, 0) is 44.2 Å². The van der Waals surface area contributed by atoms with E-state index in [-0.39, 0.29) is 12.0 Å². The molecule has 0 aliphatic carbocycles. The van der Waals surface area contributed by atoms with Crippen LogP contribution in [0.5, 0.6) is 17.2 Å². The molecule has 0 aromatic heterocycles. The quantitative estimate of drug-likeness (QED) is 0.774. The Morgan fingerprint density at radius 2 is 1.58 bits per heavy atom. The molecule has 0 radical (unpaired) electrons. The third-order valence-electron chi connectivity index (χ3n) is 3.76. The summed E-state index contributed by atoms with van der Waals surface area (Å²) in [7, 11) is 4.71. The molecule has 6 nitrogen and oxygen atoms in total. The lowest BCUT2D eigenvalue weighted by molar-refractivity contribution is 0.0644. The van der Waals surface area contributed by atoms with Crippen LogP contribution in [-0.4, -0.2) is 33.3 Å². The van der Waals surface area contributed by atoms with Gasteiger partial charge < -0.3 is 24.3 Å². The minimum absolute atomic E-state index is 0.0870. The second-order valence-electron chi connectivity index (χ2n) is 5.91. The third kappa shape index (κ3) is 4.89. The van der Waals surface area contributed by atoms with Crippen molar-refractivity contribution in [3.63, 3.8) is 0 Å². The Hall–Kier alpha value is -2.73. The first kappa shape index (κ1) is 19.6. The molecule has 0 heterocycles. The van der Waals surface area contributed by atoms with Crippen molar-refractivity contribution in [1.82, 2.24) is 0 Å². The molecule has 0 fully saturated rings. The third-order valence-corrected chi connectivity index (χ3v) is 3.76. The molecule has 0 atom stereocenters. The Kier molecular flexibility index (Phi) is 6.86. The average Bonchev–Trinajstić information content (AvgIpc) is 2.65. The molecule has 2 rings (SSSR count). The predicted molar refractivity (Wildman–Crippen MR) is 100 cm³/mol. The number of amides is 1. The Morgan fingerprint density at radius 3 is 2.19 bits per heavy atom. The standard InChI is InChI=1S/C20H25NO5/c1-13(2)26-12-15-10-14(6-8-17(15)23-3)20(22)21-16-7-9-18(24-4)19(11-16)25-5/h6-11,13H,12H2,1-5H3,(H,21,22). The number of hydrogen-bond acceptors (Lipinski definition) is 5. The topological polar surface area (TPSA) is 66.0 Å². The van der Waals surface area contributed by atoms with Gasteiger partial charge in [0.1, 0.15) is 5.75 Å². The van der Waals surface area contributed by atoms with E-state index in [0.717, 1.165) is 5.56 Å². The van der Waals surface area contributed by atoms with Crippen molar-refractivity contribution in [1.29, 1.82) is 0 Å². The molecule has 0 saturated carbocycles. The van der Waals surface area contributed by atoms with E-state index in [1.807, 2.05) is 13.8 Å². The van der Waals surface area contributed by atoms with E-state index < -0.39 is 0 Å². The van der Waals surface area contributed by atoms with Gasteiger partial charge in [-0.1, -0.05) is 0 Å². The van der Waals surface area contributed by atoms with Crippen LogP contribution in [0.3, 0.4) is 0 Å². The second-order valence-corrected chi connectivity index (χ2v) is 5.91. The molecule has 26 heavy (non-hydrogen) atoms. The molecule has 2 aromatic rings. The van der Waals surface area contributed by atoms with Crippen LogP contribution < -0.4 is 19.5 Å². The van der Waals surface area contributed by atoms with Gasteiger partial charge in [-0.25, -0.2) is 0 Å². The summed E-state index contributed by atoms with van der Waals surface area (Å²) in [6, 6.07) is 10.5. The number of anilines is 1. The lowest BCUT2D eigenvalue weighted by Gasteiger charge is -2.14. The summed E-state index contributed by atoms with van der Waals surface area (Å²) in [5, 5.41) is 2.86. The summed E-state index contributed by atoms with van der Waals surface area (Å²) in [5.74, 6) is 1.60. The molecule has 2 aromatic carbocycles. The van der Waals surface area contributed by atoms with Crippen LogP contribution in [0.1, 0.15) is 29.8 Å². The monoisotopic (exact) mass is 359 g/mol. The van der Waals surface area contributed by atoms with E-state index in [9.17, 15) is 4.79 Å². The highest BCUT2D eigenvalue weighted by Gasteiger charge is 2.13. The van der Waals surface area contributed by atoms with Crippen LogP contribution in [0.25, 0.3) is 0 Å². The fourth-order valence-electron chi connectivity index (χ4n) is 2.41. The van der Waals surface area contributed by atoms with Gasteiger partial charge in [0.25, 0.3) is 5.91 Å². The minimum atomic E-state index is -0.231. The van der Waals surface area contributed by atoms with Gasteiger partial charge in [0.2, 0.25) is 0 Å². The molecule has 0 spiro atoms. The summed E-state index contributed by atoms with van der Waals surface area (Å²) >= 11 is 0. The smallest absolute Gasteiger partial charge is 0.255 e. The Bertz CT molecular complexity index is 758. The van der Waals surface area contributed by atoms with Crippen molar-refractivity contribution in [2.45, 2.75) is 26.6 Å². The maximum atomic E-state index is 12.6. The van der Waals surface area contributed by atoms with Crippen LogP contribution >= 0.6 is 0 Å². The lowest BCUT2D eigenvalue weighted by atomic mass is 10.1.